The van der Waals surface area contributed by atoms with Crippen LogP contribution >= 0.6 is 0 Å². The van der Waals surface area contributed by atoms with Gasteiger partial charge in [0.1, 0.15) is 11.8 Å². The van der Waals surface area contributed by atoms with E-state index in [1.165, 1.54) is 6.92 Å². The summed E-state index contributed by atoms with van der Waals surface area (Å²) in [5, 5.41) is 24.1. The molecule has 212 valence electrons. The first-order chi connectivity index (χ1) is 19.3. The SMILES string of the molecule is Cc1ccc2cc1OCCCn1cc(nn1)CCN(C(=O)Cc1cccnc1)CCNC(=O)[C@H]([C@@H](C)O)NC2=O. The number of aliphatic hydroxyl groups excluding tert-OH is 1. The van der Waals surface area contributed by atoms with Gasteiger partial charge in [-0.25, -0.2) is 0 Å². The molecule has 12 heteroatoms. The Balaban J connectivity index is 1.52. The molecule has 12 nitrogen and oxygen atoms in total. The van der Waals surface area contributed by atoms with Crippen LogP contribution in [-0.2, 0) is 29.0 Å². The Morgan fingerprint density at radius 1 is 1.23 bits per heavy atom. The number of hydrogen-bond acceptors (Lipinski definition) is 8. The number of aryl methyl sites for hydroxylation is 2. The second-order valence-corrected chi connectivity index (χ2v) is 9.81. The van der Waals surface area contributed by atoms with Gasteiger partial charge < -0.3 is 25.4 Å². The highest BCUT2D eigenvalue weighted by atomic mass is 16.5. The molecule has 0 fully saturated rings. The maximum Gasteiger partial charge on any atom is 0.252 e. The quantitative estimate of drug-likeness (QED) is 0.431. The van der Waals surface area contributed by atoms with Crippen molar-refractivity contribution < 1.29 is 24.2 Å². The van der Waals surface area contributed by atoms with Crippen LogP contribution in [0.15, 0.2) is 48.9 Å². The van der Waals surface area contributed by atoms with Gasteiger partial charge in [-0.3, -0.25) is 24.0 Å². The molecule has 1 aliphatic heterocycles. The van der Waals surface area contributed by atoms with E-state index in [9.17, 15) is 19.5 Å². The third-order valence-electron chi connectivity index (χ3n) is 6.63. The van der Waals surface area contributed by atoms with Crippen LogP contribution in [0.2, 0.25) is 0 Å². The summed E-state index contributed by atoms with van der Waals surface area (Å²) < 4.78 is 7.66. The van der Waals surface area contributed by atoms with Crippen LogP contribution in [0.25, 0.3) is 0 Å². The zero-order valence-electron chi connectivity index (χ0n) is 22.7. The van der Waals surface area contributed by atoms with E-state index >= 15 is 0 Å². The lowest BCUT2D eigenvalue weighted by Crippen LogP contribution is -2.53. The summed E-state index contributed by atoms with van der Waals surface area (Å²) in [4.78, 5) is 44.8. The first-order valence-corrected chi connectivity index (χ1v) is 13.4. The van der Waals surface area contributed by atoms with E-state index in [0.717, 1.165) is 16.8 Å². The number of hydrogen-bond donors (Lipinski definition) is 3. The Bertz CT molecular complexity index is 1310. The number of nitrogens with zero attached hydrogens (tertiary/aromatic N) is 5. The lowest BCUT2D eigenvalue weighted by Gasteiger charge is -2.25. The van der Waals surface area contributed by atoms with Gasteiger partial charge in [-0.2, -0.15) is 0 Å². The fraction of sp³-hybridized carbons (Fsp3) is 0.429. The van der Waals surface area contributed by atoms with E-state index in [1.807, 2.05) is 19.2 Å². The summed E-state index contributed by atoms with van der Waals surface area (Å²) in [5.74, 6) is -0.618. The molecule has 2 aromatic heterocycles. The number of benzene rings is 1. The summed E-state index contributed by atoms with van der Waals surface area (Å²) in [5.41, 5.74) is 2.71. The van der Waals surface area contributed by atoms with Crippen LogP contribution in [-0.4, -0.2) is 86.1 Å². The van der Waals surface area contributed by atoms with E-state index in [2.05, 4.69) is 25.9 Å². The number of fused-ring (bicyclic) bond motifs is 4. The molecule has 0 radical (unpaired) electrons. The Labute approximate surface area is 232 Å². The summed E-state index contributed by atoms with van der Waals surface area (Å²) in [6.45, 7) is 5.05. The minimum Gasteiger partial charge on any atom is -0.493 e. The number of nitrogens with one attached hydrogen (secondary N) is 2. The van der Waals surface area contributed by atoms with Crippen LogP contribution < -0.4 is 15.4 Å². The topological polar surface area (TPSA) is 152 Å². The predicted octanol–water partition coefficient (Wildman–Crippen LogP) is 0.673. The first kappa shape index (κ1) is 28.7. The third-order valence-corrected chi connectivity index (χ3v) is 6.63. The normalized spacial score (nSPS) is 18.2. The number of carbonyl (C=O) groups is 3. The van der Waals surface area contributed by atoms with Crippen molar-refractivity contribution in [3.8, 4) is 5.75 Å². The Hall–Kier alpha value is -4.32. The van der Waals surface area contributed by atoms with Crippen molar-refractivity contribution >= 4 is 17.7 Å². The molecule has 1 aromatic carbocycles. The summed E-state index contributed by atoms with van der Waals surface area (Å²) >= 11 is 0. The third kappa shape index (κ3) is 7.85. The van der Waals surface area contributed by atoms with Crippen molar-refractivity contribution in [2.24, 2.45) is 0 Å². The lowest BCUT2D eigenvalue weighted by molar-refractivity contribution is -0.131. The molecule has 0 aliphatic carbocycles. The molecular formula is C28H35N7O5. The molecular weight excluding hydrogens is 514 g/mol. The molecule has 3 aromatic rings. The van der Waals surface area contributed by atoms with E-state index in [-0.39, 0.29) is 25.4 Å². The monoisotopic (exact) mass is 549 g/mol. The van der Waals surface area contributed by atoms with E-state index < -0.39 is 24.0 Å². The molecule has 40 heavy (non-hydrogen) atoms. The highest BCUT2D eigenvalue weighted by molar-refractivity contribution is 5.98. The van der Waals surface area contributed by atoms with Crippen molar-refractivity contribution in [2.75, 3.05) is 26.2 Å². The molecule has 4 rings (SSSR count). The standard InChI is InChI=1S/C28H35N7O5/c1-19-6-7-22-16-24(19)40-14-4-11-35-18-23(32-33-35)8-12-34(25(37)15-21-5-3-9-29-17-21)13-10-30-28(39)26(20(2)36)31-27(22)38/h3,5-7,9,16-18,20,26,36H,4,8,10-15H2,1-2H3,(H,30,39)(H,31,38)/t20-,26+/m1/s1. The average Bonchev–Trinajstić information content (AvgIpc) is 3.39. The maximum absolute atomic E-state index is 13.2. The number of aliphatic hydroxyl groups is 1. The van der Waals surface area contributed by atoms with Gasteiger partial charge in [-0.1, -0.05) is 17.3 Å². The summed E-state index contributed by atoms with van der Waals surface area (Å²) in [6.07, 6.45) is 5.32. The van der Waals surface area contributed by atoms with Gasteiger partial charge in [0.15, 0.2) is 0 Å². The van der Waals surface area contributed by atoms with E-state index in [4.69, 9.17) is 4.74 Å². The van der Waals surface area contributed by atoms with Crippen LogP contribution in [0.4, 0.5) is 0 Å². The maximum atomic E-state index is 13.2. The van der Waals surface area contributed by atoms with Crippen molar-refractivity contribution in [3.05, 3.63) is 71.3 Å². The largest absolute Gasteiger partial charge is 0.493 e. The van der Waals surface area contributed by atoms with Crippen LogP contribution in [0.3, 0.4) is 0 Å². The first-order valence-electron chi connectivity index (χ1n) is 13.4. The zero-order chi connectivity index (χ0) is 28.5. The molecule has 3 amide bonds. The van der Waals surface area contributed by atoms with Gasteiger partial charge in [0.25, 0.3) is 5.91 Å². The van der Waals surface area contributed by atoms with Crippen LogP contribution in [0.5, 0.6) is 5.75 Å². The van der Waals surface area contributed by atoms with Gasteiger partial charge in [0.05, 0.1) is 24.8 Å². The van der Waals surface area contributed by atoms with Gasteiger partial charge >= 0.3 is 0 Å². The highest BCUT2D eigenvalue weighted by Crippen LogP contribution is 2.20. The summed E-state index contributed by atoms with van der Waals surface area (Å²) in [6, 6.07) is 7.47. The number of ether oxygens (including phenoxy) is 1. The average molecular weight is 550 g/mol. The zero-order valence-corrected chi connectivity index (χ0v) is 22.7. The smallest absolute Gasteiger partial charge is 0.252 e. The molecule has 0 saturated heterocycles. The van der Waals surface area contributed by atoms with Crippen LogP contribution in [0.1, 0.15) is 40.5 Å². The molecule has 0 unspecified atom stereocenters. The minimum absolute atomic E-state index is 0.121. The fourth-order valence-electron chi connectivity index (χ4n) is 4.32. The van der Waals surface area contributed by atoms with E-state index in [0.29, 0.717) is 43.9 Å². The van der Waals surface area contributed by atoms with Gasteiger partial charge in [0, 0.05) is 63.2 Å². The molecule has 0 spiro atoms. The number of aromatic nitrogens is 4. The Morgan fingerprint density at radius 2 is 2.08 bits per heavy atom. The number of amides is 3. The van der Waals surface area contributed by atoms with Gasteiger partial charge in [-0.15, -0.1) is 5.10 Å². The van der Waals surface area contributed by atoms with Crippen molar-refractivity contribution in [2.45, 2.75) is 51.8 Å². The number of pyridine rings is 1. The molecule has 3 heterocycles. The Kier molecular flexibility index (Phi) is 9.79. The minimum atomic E-state index is -1.18. The predicted molar refractivity (Wildman–Crippen MR) is 145 cm³/mol. The lowest BCUT2D eigenvalue weighted by atomic mass is 10.1. The molecule has 2 atom stereocenters. The highest BCUT2D eigenvalue weighted by Gasteiger charge is 2.26. The Morgan fingerprint density at radius 3 is 2.85 bits per heavy atom. The number of carbonyl (C=O) groups excluding carboxylic acids is 3. The van der Waals surface area contributed by atoms with Crippen molar-refractivity contribution in [1.29, 1.82) is 0 Å². The number of rotatable bonds is 3. The van der Waals surface area contributed by atoms with Crippen molar-refractivity contribution in [3.63, 3.8) is 0 Å². The van der Waals surface area contributed by atoms with Crippen molar-refractivity contribution in [1.82, 2.24) is 35.5 Å². The van der Waals surface area contributed by atoms with E-state index in [1.54, 1.807) is 46.2 Å². The van der Waals surface area contributed by atoms with Crippen LogP contribution in [0, 0.1) is 6.92 Å². The molecule has 3 N–H and O–H groups in total. The molecule has 4 bridgehead atoms. The van der Waals surface area contributed by atoms with Gasteiger partial charge in [0.2, 0.25) is 11.8 Å². The molecule has 1 aliphatic rings. The molecule has 0 saturated carbocycles. The second-order valence-electron chi connectivity index (χ2n) is 9.81. The fourth-order valence-corrected chi connectivity index (χ4v) is 4.32. The van der Waals surface area contributed by atoms with Gasteiger partial charge in [-0.05, 0) is 43.2 Å². The second kappa shape index (κ2) is 13.7. The summed E-state index contributed by atoms with van der Waals surface area (Å²) in [7, 11) is 0.